The maximum absolute atomic E-state index is 11.6. The first-order valence-electron chi connectivity index (χ1n) is 7.04. The van der Waals surface area contributed by atoms with Gasteiger partial charge in [0.1, 0.15) is 11.3 Å². The molecule has 2 unspecified atom stereocenters. The lowest BCUT2D eigenvalue weighted by molar-refractivity contribution is -0.160. The number of methoxy groups -OCH3 is 1. The van der Waals surface area contributed by atoms with Gasteiger partial charge in [-0.2, -0.15) is 0 Å². The molecule has 0 spiro atoms. The van der Waals surface area contributed by atoms with Crippen molar-refractivity contribution in [3.63, 3.8) is 0 Å². The number of hydrogen-bond donors (Lipinski definition) is 0. The molecule has 1 fully saturated rings. The molecular weight excluding hydrogens is 276 g/mol. The van der Waals surface area contributed by atoms with E-state index in [1.54, 1.807) is 21.3 Å². The summed E-state index contributed by atoms with van der Waals surface area (Å²) in [5.74, 6) is -0.436. The van der Waals surface area contributed by atoms with Crippen LogP contribution in [0.1, 0.15) is 32.6 Å². The third-order valence-electron chi connectivity index (χ3n) is 4.29. The number of carbonyl (C=O) groups excluding carboxylic acids is 1. The predicted octanol–water partition coefficient (Wildman–Crippen LogP) is 2.34. The quantitative estimate of drug-likeness (QED) is 0.410. The molecule has 116 valence electrons. The van der Waals surface area contributed by atoms with Gasteiger partial charge in [-0.25, -0.2) is 4.79 Å². The van der Waals surface area contributed by atoms with E-state index in [1.807, 2.05) is 6.92 Å². The minimum absolute atomic E-state index is 0.384. The van der Waals surface area contributed by atoms with E-state index >= 15 is 0 Å². The Kier molecular flexibility index (Phi) is 6.38. The molecule has 0 aromatic heterocycles. The van der Waals surface area contributed by atoms with Crippen molar-refractivity contribution in [3.05, 3.63) is 12.7 Å². The van der Waals surface area contributed by atoms with Gasteiger partial charge in [0.05, 0.1) is 0 Å². The van der Waals surface area contributed by atoms with Crippen LogP contribution in [0.2, 0.25) is 6.04 Å². The summed E-state index contributed by atoms with van der Waals surface area (Å²) in [7, 11) is 2.37. The second-order valence-electron chi connectivity index (χ2n) is 5.00. The Bertz CT molecular complexity index is 342. The molecule has 0 aliphatic carbocycles. The number of carbonyl (C=O) groups is 1. The van der Waals surface area contributed by atoms with E-state index in [2.05, 4.69) is 6.58 Å². The van der Waals surface area contributed by atoms with Crippen LogP contribution in [-0.4, -0.2) is 47.2 Å². The lowest BCUT2D eigenvalue weighted by Crippen LogP contribution is -2.70. The summed E-state index contributed by atoms with van der Waals surface area (Å²) < 4.78 is 23.0. The van der Waals surface area contributed by atoms with E-state index in [1.165, 1.54) is 6.08 Å². The first-order valence-corrected chi connectivity index (χ1v) is 9.06. The molecule has 0 aromatic carbocycles. The summed E-state index contributed by atoms with van der Waals surface area (Å²) in [5.41, 5.74) is 0. The zero-order valence-corrected chi connectivity index (χ0v) is 13.9. The highest BCUT2D eigenvalue weighted by Crippen LogP contribution is 2.44. The summed E-state index contributed by atoms with van der Waals surface area (Å²) in [5, 5.41) is -0.665. The lowest BCUT2D eigenvalue weighted by Gasteiger charge is -2.50. The summed E-state index contributed by atoms with van der Waals surface area (Å²) in [6.45, 7) is 5.42. The lowest BCUT2D eigenvalue weighted by atomic mass is 10.0. The molecule has 0 N–H and O–H groups in total. The van der Waals surface area contributed by atoms with Crippen LogP contribution in [0.3, 0.4) is 0 Å². The van der Waals surface area contributed by atoms with Gasteiger partial charge >= 0.3 is 14.5 Å². The Balaban J connectivity index is 3.18. The Morgan fingerprint density at radius 1 is 1.35 bits per heavy atom. The van der Waals surface area contributed by atoms with Gasteiger partial charge in [-0.3, -0.25) is 0 Å². The van der Waals surface area contributed by atoms with Gasteiger partial charge in [0, 0.05) is 27.4 Å². The van der Waals surface area contributed by atoms with Crippen molar-refractivity contribution in [2.45, 2.75) is 50.0 Å². The van der Waals surface area contributed by atoms with Gasteiger partial charge in [-0.15, -0.1) is 0 Å². The summed E-state index contributed by atoms with van der Waals surface area (Å²) >= 11 is 0. The fourth-order valence-corrected chi connectivity index (χ4v) is 7.30. The van der Waals surface area contributed by atoms with Gasteiger partial charge in [-0.05, 0) is 18.9 Å². The maximum Gasteiger partial charge on any atom is 0.374 e. The fraction of sp³-hybridized carbons (Fsp3) is 0.786. The van der Waals surface area contributed by atoms with Crippen LogP contribution in [0, 0.1) is 0 Å². The molecule has 5 nitrogen and oxygen atoms in total. The SMILES string of the molecule is C=CC(=O)OC(CC)C1(OC)CCCC[Si]1(OC)OC. The number of hydrogen-bond acceptors (Lipinski definition) is 5. The molecule has 2 atom stereocenters. The fourth-order valence-electron chi connectivity index (χ4n) is 3.27. The Hall–Kier alpha value is -0.693. The smallest absolute Gasteiger partial charge is 0.374 e. The number of rotatable bonds is 7. The van der Waals surface area contributed by atoms with Crippen molar-refractivity contribution >= 4 is 14.5 Å². The second-order valence-corrected chi connectivity index (χ2v) is 8.67. The van der Waals surface area contributed by atoms with Gasteiger partial charge in [0.25, 0.3) is 0 Å². The summed E-state index contributed by atoms with van der Waals surface area (Å²) in [6.07, 6.45) is 4.28. The number of ether oxygens (including phenoxy) is 2. The molecule has 1 aliphatic heterocycles. The minimum atomic E-state index is -2.61. The molecule has 1 saturated heterocycles. The molecule has 1 heterocycles. The second kappa shape index (κ2) is 7.35. The van der Waals surface area contributed by atoms with Gasteiger partial charge in [-0.1, -0.05) is 26.3 Å². The van der Waals surface area contributed by atoms with Crippen LogP contribution < -0.4 is 0 Å². The highest BCUT2D eigenvalue weighted by molar-refractivity contribution is 6.71. The molecule has 0 amide bonds. The minimum Gasteiger partial charge on any atom is -0.456 e. The van der Waals surface area contributed by atoms with Crippen molar-refractivity contribution in [2.75, 3.05) is 21.3 Å². The van der Waals surface area contributed by atoms with Crippen molar-refractivity contribution in [1.82, 2.24) is 0 Å². The van der Waals surface area contributed by atoms with Gasteiger partial charge in [0.15, 0.2) is 0 Å². The Morgan fingerprint density at radius 2 is 2.00 bits per heavy atom. The van der Waals surface area contributed by atoms with Crippen molar-refractivity contribution in [1.29, 1.82) is 0 Å². The third-order valence-corrected chi connectivity index (χ3v) is 8.68. The first-order chi connectivity index (χ1) is 9.55. The maximum atomic E-state index is 11.6. The molecule has 1 aliphatic rings. The number of esters is 1. The van der Waals surface area contributed by atoms with E-state index < -0.39 is 19.8 Å². The molecule has 1 rings (SSSR count). The Labute approximate surface area is 122 Å². The average molecular weight is 302 g/mol. The zero-order chi connectivity index (χ0) is 15.2. The van der Waals surface area contributed by atoms with Crippen LogP contribution in [0.25, 0.3) is 0 Å². The van der Waals surface area contributed by atoms with Crippen molar-refractivity contribution in [2.24, 2.45) is 0 Å². The van der Waals surface area contributed by atoms with Crippen molar-refractivity contribution in [3.8, 4) is 0 Å². The van der Waals surface area contributed by atoms with E-state index in [-0.39, 0.29) is 6.10 Å². The van der Waals surface area contributed by atoms with Crippen molar-refractivity contribution < 1.29 is 23.1 Å². The van der Waals surface area contributed by atoms with Crippen LogP contribution >= 0.6 is 0 Å². The van der Waals surface area contributed by atoms with E-state index in [9.17, 15) is 4.79 Å². The standard InChI is InChI=1S/C14H26O5Si/c1-6-12(19-13(15)7-2)14(16-3)10-8-9-11-20(14,17-4)18-5/h7,12H,2,6,8-11H2,1,3-5H3. The monoisotopic (exact) mass is 302 g/mol. The molecule has 0 radical (unpaired) electrons. The third kappa shape index (κ3) is 2.83. The van der Waals surface area contributed by atoms with Crippen LogP contribution in [-0.2, 0) is 23.1 Å². The molecule has 0 saturated carbocycles. The zero-order valence-electron chi connectivity index (χ0n) is 12.9. The summed E-state index contributed by atoms with van der Waals surface area (Å²) in [4.78, 5) is 11.6. The molecular formula is C14H26O5Si. The molecule has 0 bridgehead atoms. The molecule has 20 heavy (non-hydrogen) atoms. The largest absolute Gasteiger partial charge is 0.456 e. The van der Waals surface area contributed by atoms with Crippen LogP contribution in [0.4, 0.5) is 0 Å². The topological polar surface area (TPSA) is 54.0 Å². The van der Waals surface area contributed by atoms with E-state index in [0.29, 0.717) is 6.42 Å². The molecule has 0 aromatic rings. The van der Waals surface area contributed by atoms with E-state index in [0.717, 1.165) is 25.3 Å². The first kappa shape index (κ1) is 17.4. The highest BCUT2D eigenvalue weighted by Gasteiger charge is 2.63. The van der Waals surface area contributed by atoms with Gasteiger partial charge in [0.2, 0.25) is 0 Å². The average Bonchev–Trinajstić information content (AvgIpc) is 2.51. The predicted molar refractivity (Wildman–Crippen MR) is 78.5 cm³/mol. The van der Waals surface area contributed by atoms with E-state index in [4.69, 9.17) is 18.3 Å². The van der Waals surface area contributed by atoms with Crippen LogP contribution in [0.5, 0.6) is 0 Å². The van der Waals surface area contributed by atoms with Crippen LogP contribution in [0.15, 0.2) is 12.7 Å². The normalized spacial score (nSPS) is 26.8. The summed E-state index contributed by atoms with van der Waals surface area (Å²) in [6, 6.07) is 0.843. The highest BCUT2D eigenvalue weighted by atomic mass is 28.4. The van der Waals surface area contributed by atoms with Gasteiger partial charge < -0.3 is 18.3 Å². The Morgan fingerprint density at radius 3 is 2.45 bits per heavy atom. The molecule has 6 heteroatoms.